The molecule has 1 fully saturated rings. The molecule has 2 amide bonds. The van der Waals surface area contributed by atoms with E-state index in [-0.39, 0.29) is 11.7 Å². The fourth-order valence-electron chi connectivity index (χ4n) is 1.84. The van der Waals surface area contributed by atoms with Gasteiger partial charge < -0.3 is 15.5 Å². The molecular formula is C12H14F3N3O. The number of rotatable bonds is 1. The lowest BCUT2D eigenvalue weighted by Crippen LogP contribution is -2.48. The number of hydrogen-bond donors (Lipinski definition) is 2. The molecular weight excluding hydrogens is 259 g/mol. The number of nitrogens with zero attached hydrogens (tertiary/aromatic N) is 1. The van der Waals surface area contributed by atoms with E-state index in [2.05, 4.69) is 10.6 Å². The monoisotopic (exact) mass is 273 g/mol. The van der Waals surface area contributed by atoms with Crippen molar-refractivity contribution < 1.29 is 18.0 Å². The molecule has 7 heteroatoms. The van der Waals surface area contributed by atoms with Gasteiger partial charge in [0.25, 0.3) is 0 Å². The Bertz CT molecular complexity index is 456. The molecule has 19 heavy (non-hydrogen) atoms. The van der Waals surface area contributed by atoms with E-state index >= 15 is 0 Å². The highest BCUT2D eigenvalue weighted by atomic mass is 19.4. The molecule has 0 atom stereocenters. The van der Waals surface area contributed by atoms with Crippen molar-refractivity contribution in [1.82, 2.24) is 10.2 Å². The second-order valence-electron chi connectivity index (χ2n) is 4.25. The molecule has 0 bridgehead atoms. The number of anilines is 1. The van der Waals surface area contributed by atoms with Crippen LogP contribution in [-0.4, -0.2) is 37.1 Å². The summed E-state index contributed by atoms with van der Waals surface area (Å²) < 4.78 is 37.6. The number of benzene rings is 1. The Hall–Kier alpha value is -1.76. The molecule has 1 aromatic carbocycles. The number of halogens is 3. The Labute approximate surface area is 108 Å². The van der Waals surface area contributed by atoms with Crippen molar-refractivity contribution >= 4 is 11.7 Å². The third-order valence-corrected chi connectivity index (χ3v) is 2.85. The van der Waals surface area contributed by atoms with Gasteiger partial charge >= 0.3 is 12.2 Å². The van der Waals surface area contributed by atoms with Crippen LogP contribution >= 0.6 is 0 Å². The van der Waals surface area contributed by atoms with Gasteiger partial charge in [-0.2, -0.15) is 13.2 Å². The smallest absolute Gasteiger partial charge is 0.322 e. The number of amides is 2. The SMILES string of the molecule is O=C(Nc1cccc(C(F)(F)F)c1)N1CCNCC1. The zero-order valence-electron chi connectivity index (χ0n) is 10.1. The number of nitrogens with one attached hydrogen (secondary N) is 2. The first-order valence-electron chi connectivity index (χ1n) is 5.91. The van der Waals surface area contributed by atoms with Crippen LogP contribution in [0.4, 0.5) is 23.7 Å². The van der Waals surface area contributed by atoms with Crippen LogP contribution in [0.15, 0.2) is 24.3 Å². The van der Waals surface area contributed by atoms with Crippen molar-refractivity contribution in [2.24, 2.45) is 0 Å². The molecule has 2 N–H and O–H groups in total. The lowest BCUT2D eigenvalue weighted by Gasteiger charge is -2.27. The van der Waals surface area contributed by atoms with Gasteiger partial charge in [0, 0.05) is 31.9 Å². The zero-order chi connectivity index (χ0) is 13.9. The number of urea groups is 1. The Morgan fingerprint density at radius 3 is 2.58 bits per heavy atom. The van der Waals surface area contributed by atoms with Gasteiger partial charge in [0.15, 0.2) is 0 Å². The molecule has 0 aromatic heterocycles. The highest BCUT2D eigenvalue weighted by Gasteiger charge is 2.30. The second-order valence-corrected chi connectivity index (χ2v) is 4.25. The second kappa shape index (κ2) is 5.48. The summed E-state index contributed by atoms with van der Waals surface area (Å²) in [4.78, 5) is 13.4. The minimum atomic E-state index is -4.41. The summed E-state index contributed by atoms with van der Waals surface area (Å²) >= 11 is 0. The van der Waals surface area contributed by atoms with Gasteiger partial charge in [-0.1, -0.05) is 6.07 Å². The fourth-order valence-corrected chi connectivity index (χ4v) is 1.84. The van der Waals surface area contributed by atoms with E-state index in [9.17, 15) is 18.0 Å². The largest absolute Gasteiger partial charge is 0.416 e. The number of hydrogen-bond acceptors (Lipinski definition) is 2. The van der Waals surface area contributed by atoms with Crippen LogP contribution in [0.5, 0.6) is 0 Å². The maximum absolute atomic E-state index is 12.5. The Morgan fingerprint density at radius 2 is 1.95 bits per heavy atom. The zero-order valence-corrected chi connectivity index (χ0v) is 10.1. The number of piperazine rings is 1. The molecule has 1 saturated heterocycles. The normalized spacial score (nSPS) is 16.3. The first kappa shape index (κ1) is 13.7. The van der Waals surface area contributed by atoms with E-state index in [1.807, 2.05) is 0 Å². The average molecular weight is 273 g/mol. The van der Waals surface area contributed by atoms with Crippen LogP contribution in [0.25, 0.3) is 0 Å². The average Bonchev–Trinajstić information content (AvgIpc) is 2.39. The highest BCUT2D eigenvalue weighted by molar-refractivity contribution is 5.89. The number of alkyl halides is 3. The fraction of sp³-hybridized carbons (Fsp3) is 0.417. The van der Waals surface area contributed by atoms with E-state index in [1.54, 1.807) is 4.90 Å². The predicted octanol–water partition coefficient (Wildman–Crippen LogP) is 2.14. The van der Waals surface area contributed by atoms with Crippen LogP contribution in [0.1, 0.15) is 5.56 Å². The molecule has 2 rings (SSSR count). The van der Waals surface area contributed by atoms with Gasteiger partial charge in [0.2, 0.25) is 0 Å². The molecule has 0 unspecified atom stereocenters. The lowest BCUT2D eigenvalue weighted by molar-refractivity contribution is -0.137. The summed E-state index contributed by atoms with van der Waals surface area (Å²) in [7, 11) is 0. The Morgan fingerprint density at radius 1 is 1.26 bits per heavy atom. The van der Waals surface area contributed by atoms with Gasteiger partial charge in [0.05, 0.1) is 5.56 Å². The van der Waals surface area contributed by atoms with Crippen LogP contribution in [-0.2, 0) is 6.18 Å². The number of carbonyl (C=O) groups is 1. The number of carbonyl (C=O) groups excluding carboxylic acids is 1. The standard InChI is InChI=1S/C12H14F3N3O/c13-12(14,15)9-2-1-3-10(8-9)17-11(19)18-6-4-16-5-7-18/h1-3,8,16H,4-7H2,(H,17,19). The van der Waals surface area contributed by atoms with E-state index in [4.69, 9.17) is 0 Å². The summed E-state index contributed by atoms with van der Waals surface area (Å²) in [6, 6.07) is 4.24. The van der Waals surface area contributed by atoms with Gasteiger partial charge in [-0.25, -0.2) is 4.79 Å². The quantitative estimate of drug-likeness (QED) is 0.823. The lowest BCUT2D eigenvalue weighted by atomic mass is 10.2. The molecule has 1 aromatic rings. The van der Waals surface area contributed by atoms with E-state index < -0.39 is 11.7 Å². The van der Waals surface area contributed by atoms with Crippen LogP contribution < -0.4 is 10.6 Å². The third kappa shape index (κ3) is 3.60. The molecule has 0 saturated carbocycles. The first-order chi connectivity index (χ1) is 8.97. The van der Waals surface area contributed by atoms with Gasteiger partial charge in [-0.05, 0) is 18.2 Å². The molecule has 1 aliphatic rings. The molecule has 1 aliphatic heterocycles. The van der Waals surface area contributed by atoms with Crippen molar-refractivity contribution in [3.8, 4) is 0 Å². The minimum Gasteiger partial charge on any atom is -0.322 e. The maximum Gasteiger partial charge on any atom is 0.416 e. The topological polar surface area (TPSA) is 44.4 Å². The van der Waals surface area contributed by atoms with Crippen LogP contribution in [0.2, 0.25) is 0 Å². The Balaban J connectivity index is 2.04. The minimum absolute atomic E-state index is 0.151. The van der Waals surface area contributed by atoms with Crippen molar-refractivity contribution in [2.75, 3.05) is 31.5 Å². The van der Waals surface area contributed by atoms with Crippen molar-refractivity contribution in [1.29, 1.82) is 0 Å². The first-order valence-corrected chi connectivity index (χ1v) is 5.91. The van der Waals surface area contributed by atoms with E-state index in [0.29, 0.717) is 26.2 Å². The van der Waals surface area contributed by atoms with Crippen molar-refractivity contribution in [3.05, 3.63) is 29.8 Å². The van der Waals surface area contributed by atoms with E-state index in [1.165, 1.54) is 12.1 Å². The summed E-state index contributed by atoms with van der Waals surface area (Å²) in [6.45, 7) is 2.47. The van der Waals surface area contributed by atoms with E-state index in [0.717, 1.165) is 12.1 Å². The van der Waals surface area contributed by atoms with Crippen LogP contribution in [0.3, 0.4) is 0 Å². The van der Waals surface area contributed by atoms with Gasteiger partial charge in [0.1, 0.15) is 0 Å². The van der Waals surface area contributed by atoms with Gasteiger partial charge in [-0.3, -0.25) is 0 Å². The van der Waals surface area contributed by atoms with Crippen molar-refractivity contribution in [3.63, 3.8) is 0 Å². The molecule has 0 aliphatic carbocycles. The summed E-state index contributed by atoms with van der Waals surface area (Å²) in [5.41, 5.74) is -0.621. The highest BCUT2D eigenvalue weighted by Crippen LogP contribution is 2.30. The molecule has 0 radical (unpaired) electrons. The Kier molecular flexibility index (Phi) is 3.94. The summed E-state index contributed by atoms with van der Waals surface area (Å²) in [5.74, 6) is 0. The molecule has 104 valence electrons. The summed E-state index contributed by atoms with van der Waals surface area (Å²) in [6.07, 6.45) is -4.41. The third-order valence-electron chi connectivity index (χ3n) is 2.85. The predicted molar refractivity (Wildman–Crippen MR) is 64.9 cm³/mol. The molecule has 4 nitrogen and oxygen atoms in total. The maximum atomic E-state index is 12.5. The molecule has 1 heterocycles. The van der Waals surface area contributed by atoms with Crippen LogP contribution in [0, 0.1) is 0 Å². The summed E-state index contributed by atoms with van der Waals surface area (Å²) in [5, 5.41) is 5.58. The van der Waals surface area contributed by atoms with Gasteiger partial charge in [-0.15, -0.1) is 0 Å². The van der Waals surface area contributed by atoms with Crippen molar-refractivity contribution in [2.45, 2.75) is 6.18 Å². The molecule has 0 spiro atoms.